The van der Waals surface area contributed by atoms with Gasteiger partial charge in [0.15, 0.2) is 0 Å². The van der Waals surface area contributed by atoms with Gasteiger partial charge in [-0.05, 0) is 36.6 Å². The van der Waals surface area contributed by atoms with E-state index in [9.17, 15) is 14.4 Å². The maximum absolute atomic E-state index is 12.5. The molecule has 0 fully saturated rings. The number of fused-ring (bicyclic) bond motifs is 1. The van der Waals surface area contributed by atoms with E-state index in [0.29, 0.717) is 10.9 Å². The highest BCUT2D eigenvalue weighted by molar-refractivity contribution is 5.95. The van der Waals surface area contributed by atoms with Crippen LogP contribution in [0.25, 0.3) is 10.9 Å². The van der Waals surface area contributed by atoms with E-state index in [0.717, 1.165) is 23.2 Å². The van der Waals surface area contributed by atoms with Crippen molar-refractivity contribution < 1.29 is 9.59 Å². The zero-order chi connectivity index (χ0) is 20.1. The fraction of sp³-hybridized carbons (Fsp3) is 0.238. The van der Waals surface area contributed by atoms with Gasteiger partial charge in [-0.3, -0.25) is 19.0 Å². The van der Waals surface area contributed by atoms with Gasteiger partial charge in [-0.25, -0.2) is 4.98 Å². The number of anilines is 1. The normalized spacial score (nSPS) is 10.6. The smallest absolute Gasteiger partial charge is 0.261 e. The molecule has 0 radical (unpaired) electrons. The number of nitrogens with one attached hydrogen (secondary N) is 2. The van der Waals surface area contributed by atoms with E-state index in [2.05, 4.69) is 15.6 Å². The van der Waals surface area contributed by atoms with Crippen LogP contribution in [0.2, 0.25) is 0 Å². The van der Waals surface area contributed by atoms with Gasteiger partial charge in [0.1, 0.15) is 6.54 Å². The number of aryl methyl sites for hydroxylation is 2. The van der Waals surface area contributed by atoms with E-state index in [1.54, 1.807) is 12.1 Å². The Morgan fingerprint density at radius 2 is 1.86 bits per heavy atom. The molecule has 2 N–H and O–H groups in total. The number of carbonyl (C=O) groups excluding carboxylic acids is 2. The number of carbonyl (C=O) groups is 2. The fourth-order valence-corrected chi connectivity index (χ4v) is 2.98. The van der Waals surface area contributed by atoms with Gasteiger partial charge < -0.3 is 10.6 Å². The highest BCUT2D eigenvalue weighted by Crippen LogP contribution is 2.15. The van der Waals surface area contributed by atoms with Crippen molar-refractivity contribution >= 4 is 28.4 Å². The molecule has 0 aliphatic heterocycles. The molecule has 2 amide bonds. The average Bonchev–Trinajstić information content (AvgIpc) is 2.69. The molecule has 7 nitrogen and oxygen atoms in total. The summed E-state index contributed by atoms with van der Waals surface area (Å²) in [6.07, 6.45) is 2.15. The fourth-order valence-electron chi connectivity index (χ4n) is 2.98. The number of rotatable bonds is 6. The quantitative estimate of drug-likeness (QED) is 0.686. The van der Waals surface area contributed by atoms with Crippen molar-refractivity contribution in [3.8, 4) is 0 Å². The summed E-state index contributed by atoms with van der Waals surface area (Å²) in [5.41, 5.74) is 2.99. The summed E-state index contributed by atoms with van der Waals surface area (Å²) < 4.78 is 1.24. The van der Waals surface area contributed by atoms with Gasteiger partial charge in [-0.15, -0.1) is 0 Å². The van der Waals surface area contributed by atoms with Crippen molar-refractivity contribution in [2.75, 3.05) is 11.9 Å². The van der Waals surface area contributed by atoms with Gasteiger partial charge >= 0.3 is 0 Å². The summed E-state index contributed by atoms with van der Waals surface area (Å²) >= 11 is 0. The first-order chi connectivity index (χ1) is 13.5. The number of benzene rings is 2. The summed E-state index contributed by atoms with van der Waals surface area (Å²) in [6.45, 7) is 3.50. The lowest BCUT2D eigenvalue weighted by atomic mass is 10.1. The van der Waals surface area contributed by atoms with Crippen LogP contribution in [0.1, 0.15) is 18.1 Å². The highest BCUT2D eigenvalue weighted by atomic mass is 16.2. The third-order valence-electron chi connectivity index (χ3n) is 4.49. The van der Waals surface area contributed by atoms with E-state index in [1.165, 1.54) is 10.9 Å². The Kier molecular flexibility index (Phi) is 5.84. The van der Waals surface area contributed by atoms with E-state index in [4.69, 9.17) is 0 Å². The predicted molar refractivity (Wildman–Crippen MR) is 108 cm³/mol. The average molecular weight is 378 g/mol. The molecule has 28 heavy (non-hydrogen) atoms. The summed E-state index contributed by atoms with van der Waals surface area (Å²) in [5.74, 6) is -0.760. The zero-order valence-electron chi connectivity index (χ0n) is 15.9. The summed E-state index contributed by atoms with van der Waals surface area (Å²) in [6, 6.07) is 12.9. The minimum absolute atomic E-state index is 0.175. The molecule has 3 rings (SSSR count). The van der Waals surface area contributed by atoms with Crippen LogP contribution < -0.4 is 16.2 Å². The molecule has 1 aromatic heterocycles. The molecule has 3 aromatic rings. The minimum Gasteiger partial charge on any atom is -0.345 e. The molecule has 0 aliphatic rings. The Morgan fingerprint density at radius 1 is 1.07 bits per heavy atom. The second kappa shape index (κ2) is 8.47. The van der Waals surface area contributed by atoms with Crippen LogP contribution >= 0.6 is 0 Å². The van der Waals surface area contributed by atoms with Gasteiger partial charge in [0.05, 0.1) is 23.8 Å². The molecule has 2 aromatic carbocycles. The van der Waals surface area contributed by atoms with Crippen LogP contribution in [0.3, 0.4) is 0 Å². The van der Waals surface area contributed by atoms with Crippen molar-refractivity contribution in [2.24, 2.45) is 0 Å². The predicted octanol–water partition coefficient (Wildman–Crippen LogP) is 2.02. The molecular weight excluding hydrogens is 356 g/mol. The second-order valence-electron chi connectivity index (χ2n) is 6.48. The largest absolute Gasteiger partial charge is 0.345 e. The Bertz CT molecular complexity index is 1090. The van der Waals surface area contributed by atoms with Crippen molar-refractivity contribution in [3.05, 3.63) is 70.3 Å². The number of para-hydroxylation sites is 2. The molecular formula is C21H22N4O3. The first kappa shape index (κ1) is 19.3. The van der Waals surface area contributed by atoms with Crippen molar-refractivity contribution in [1.82, 2.24) is 14.9 Å². The van der Waals surface area contributed by atoms with Crippen LogP contribution in [0.5, 0.6) is 0 Å². The van der Waals surface area contributed by atoms with Gasteiger partial charge in [0, 0.05) is 5.69 Å². The van der Waals surface area contributed by atoms with Crippen LogP contribution in [0.15, 0.2) is 53.6 Å². The molecule has 7 heteroatoms. The number of amides is 2. The lowest BCUT2D eigenvalue weighted by molar-refractivity contribution is -0.124. The number of hydrogen-bond donors (Lipinski definition) is 2. The van der Waals surface area contributed by atoms with Crippen molar-refractivity contribution in [3.63, 3.8) is 0 Å². The van der Waals surface area contributed by atoms with Gasteiger partial charge in [0.2, 0.25) is 11.8 Å². The summed E-state index contributed by atoms with van der Waals surface area (Å²) in [5, 5.41) is 5.79. The molecule has 0 bridgehead atoms. The lowest BCUT2D eigenvalue weighted by Gasteiger charge is -2.11. The molecule has 0 saturated heterocycles. The Balaban J connectivity index is 1.62. The Hall–Kier alpha value is -3.48. The maximum Gasteiger partial charge on any atom is 0.261 e. The summed E-state index contributed by atoms with van der Waals surface area (Å²) in [4.78, 5) is 41.1. The van der Waals surface area contributed by atoms with Crippen LogP contribution in [-0.4, -0.2) is 27.9 Å². The lowest BCUT2D eigenvalue weighted by Crippen LogP contribution is -2.37. The molecule has 144 valence electrons. The highest BCUT2D eigenvalue weighted by Gasteiger charge is 2.11. The maximum atomic E-state index is 12.5. The monoisotopic (exact) mass is 378 g/mol. The molecule has 0 saturated carbocycles. The van der Waals surface area contributed by atoms with E-state index >= 15 is 0 Å². The first-order valence-electron chi connectivity index (χ1n) is 9.08. The third kappa shape index (κ3) is 4.25. The Morgan fingerprint density at radius 3 is 2.64 bits per heavy atom. The third-order valence-corrected chi connectivity index (χ3v) is 4.49. The minimum atomic E-state index is -0.435. The summed E-state index contributed by atoms with van der Waals surface area (Å²) in [7, 11) is 0. The van der Waals surface area contributed by atoms with Gasteiger partial charge in [-0.2, -0.15) is 0 Å². The zero-order valence-corrected chi connectivity index (χ0v) is 15.9. The molecule has 0 atom stereocenters. The molecule has 0 spiro atoms. The topological polar surface area (TPSA) is 93.1 Å². The molecule has 0 aliphatic carbocycles. The van der Waals surface area contributed by atoms with Gasteiger partial charge in [-0.1, -0.05) is 37.3 Å². The van der Waals surface area contributed by atoms with Gasteiger partial charge in [0.25, 0.3) is 5.56 Å². The second-order valence-corrected chi connectivity index (χ2v) is 6.48. The van der Waals surface area contributed by atoms with E-state index < -0.39 is 5.91 Å². The van der Waals surface area contributed by atoms with Crippen molar-refractivity contribution in [1.29, 1.82) is 0 Å². The number of hydrogen-bond acceptors (Lipinski definition) is 4. The SMILES string of the molecule is CCc1ccccc1NC(=O)CNC(=O)Cn1cnc2c(C)cccc2c1=O. The molecule has 1 heterocycles. The van der Waals surface area contributed by atoms with Crippen LogP contribution in [0, 0.1) is 6.92 Å². The standard InChI is InChI=1S/C21H22N4O3/c1-3-15-8-4-5-10-17(15)24-18(26)11-22-19(27)12-25-13-23-20-14(2)7-6-9-16(20)21(25)28/h4-10,13H,3,11-12H2,1-2H3,(H,22,27)(H,24,26). The van der Waals surface area contributed by atoms with E-state index in [-0.39, 0.29) is 24.6 Å². The Labute approximate surface area is 162 Å². The van der Waals surface area contributed by atoms with E-state index in [1.807, 2.05) is 44.2 Å². The number of nitrogens with zero attached hydrogens (tertiary/aromatic N) is 2. The van der Waals surface area contributed by atoms with Crippen molar-refractivity contribution in [2.45, 2.75) is 26.8 Å². The molecule has 0 unspecified atom stereocenters. The number of aromatic nitrogens is 2. The van der Waals surface area contributed by atoms with Crippen LogP contribution in [-0.2, 0) is 22.6 Å². The first-order valence-corrected chi connectivity index (χ1v) is 9.08. The van der Waals surface area contributed by atoms with Crippen LogP contribution in [0.4, 0.5) is 5.69 Å².